The van der Waals surface area contributed by atoms with Gasteiger partial charge in [-0.1, -0.05) is 6.08 Å². The fourth-order valence-electron chi connectivity index (χ4n) is 0.983. The van der Waals surface area contributed by atoms with Gasteiger partial charge in [-0.05, 0) is 13.3 Å². The quantitative estimate of drug-likeness (QED) is 0.753. The number of rotatable bonds is 4. The van der Waals surface area contributed by atoms with Crippen molar-refractivity contribution in [3.8, 4) is 0 Å². The summed E-state index contributed by atoms with van der Waals surface area (Å²) in [5, 5.41) is 9.62. The molecule has 0 bridgehead atoms. The van der Waals surface area contributed by atoms with Crippen LogP contribution in [0.5, 0.6) is 0 Å². The number of carbonyl (C=O) groups is 1. The van der Waals surface area contributed by atoms with Crippen LogP contribution in [-0.2, 0) is 6.42 Å². The molecule has 1 aromatic heterocycles. The predicted molar refractivity (Wildman–Crippen MR) is 52.3 cm³/mol. The molecule has 1 rings (SSSR count). The topological polar surface area (TPSA) is 50.2 Å². The number of carboxylic acids is 1. The van der Waals surface area contributed by atoms with Gasteiger partial charge in [0.25, 0.3) is 0 Å². The van der Waals surface area contributed by atoms with Crippen molar-refractivity contribution in [2.24, 2.45) is 0 Å². The van der Waals surface area contributed by atoms with E-state index in [1.807, 2.05) is 0 Å². The fourth-order valence-corrected chi connectivity index (χ4v) is 1.90. The summed E-state index contributed by atoms with van der Waals surface area (Å²) in [7, 11) is 0. The smallest absolute Gasteiger partial charge is 0.347 e. The standard InChI is InChI=1S/C9H11NO2S/c1-3-4-5-7-10-6(2)8(13-7)9(11)12/h3H,1,4-5H2,2H3,(H,11,12). The van der Waals surface area contributed by atoms with Gasteiger partial charge >= 0.3 is 5.97 Å². The van der Waals surface area contributed by atoms with Crippen LogP contribution in [0.25, 0.3) is 0 Å². The molecule has 0 saturated heterocycles. The Kier molecular flexibility index (Phi) is 3.19. The van der Waals surface area contributed by atoms with Crippen molar-refractivity contribution in [2.45, 2.75) is 19.8 Å². The van der Waals surface area contributed by atoms with Gasteiger partial charge in [-0.3, -0.25) is 0 Å². The average molecular weight is 197 g/mol. The Labute approximate surface area is 80.7 Å². The van der Waals surface area contributed by atoms with E-state index in [4.69, 9.17) is 5.11 Å². The van der Waals surface area contributed by atoms with Crippen molar-refractivity contribution < 1.29 is 9.90 Å². The van der Waals surface area contributed by atoms with Crippen LogP contribution in [0.2, 0.25) is 0 Å². The number of aromatic nitrogens is 1. The predicted octanol–water partition coefficient (Wildman–Crippen LogP) is 2.27. The summed E-state index contributed by atoms with van der Waals surface area (Å²) in [5.41, 5.74) is 0.608. The third-order valence-electron chi connectivity index (χ3n) is 1.60. The highest BCUT2D eigenvalue weighted by atomic mass is 32.1. The van der Waals surface area contributed by atoms with Crippen LogP contribution in [0.15, 0.2) is 12.7 Å². The second-order valence-electron chi connectivity index (χ2n) is 2.65. The van der Waals surface area contributed by atoms with Gasteiger partial charge in [-0.15, -0.1) is 17.9 Å². The van der Waals surface area contributed by atoms with Crippen LogP contribution in [-0.4, -0.2) is 16.1 Å². The third-order valence-corrected chi connectivity index (χ3v) is 2.80. The highest BCUT2D eigenvalue weighted by Crippen LogP contribution is 2.19. The zero-order chi connectivity index (χ0) is 9.84. The fraction of sp³-hybridized carbons (Fsp3) is 0.333. The van der Waals surface area contributed by atoms with Crippen LogP contribution in [0.1, 0.15) is 26.8 Å². The maximum Gasteiger partial charge on any atom is 0.347 e. The highest BCUT2D eigenvalue weighted by Gasteiger charge is 2.12. The van der Waals surface area contributed by atoms with Crippen molar-refractivity contribution in [3.05, 3.63) is 28.2 Å². The van der Waals surface area contributed by atoms with Crippen molar-refractivity contribution in [1.29, 1.82) is 0 Å². The number of nitrogens with zero attached hydrogens (tertiary/aromatic N) is 1. The molecule has 0 fully saturated rings. The first kappa shape index (κ1) is 9.92. The Balaban J connectivity index is 2.82. The summed E-state index contributed by atoms with van der Waals surface area (Å²) in [4.78, 5) is 15.2. The van der Waals surface area contributed by atoms with Gasteiger partial charge < -0.3 is 5.11 Å². The van der Waals surface area contributed by atoms with Crippen molar-refractivity contribution in [3.63, 3.8) is 0 Å². The highest BCUT2D eigenvalue weighted by molar-refractivity contribution is 7.13. The van der Waals surface area contributed by atoms with E-state index in [0.29, 0.717) is 10.6 Å². The lowest BCUT2D eigenvalue weighted by Crippen LogP contribution is -1.94. The van der Waals surface area contributed by atoms with Crippen LogP contribution in [0.4, 0.5) is 0 Å². The second kappa shape index (κ2) is 4.18. The molecule has 0 unspecified atom stereocenters. The minimum Gasteiger partial charge on any atom is -0.477 e. The zero-order valence-electron chi connectivity index (χ0n) is 7.41. The number of allylic oxidation sites excluding steroid dienone is 1. The Bertz CT molecular complexity index is 330. The molecule has 1 heterocycles. The number of aryl methyl sites for hydroxylation is 2. The van der Waals surface area contributed by atoms with Crippen LogP contribution in [0.3, 0.4) is 0 Å². The molecule has 4 heteroatoms. The van der Waals surface area contributed by atoms with Gasteiger partial charge in [0, 0.05) is 6.42 Å². The van der Waals surface area contributed by atoms with E-state index in [2.05, 4.69) is 11.6 Å². The monoisotopic (exact) mass is 197 g/mol. The molecule has 1 N–H and O–H groups in total. The van der Waals surface area contributed by atoms with Crippen LogP contribution in [0, 0.1) is 6.92 Å². The second-order valence-corrected chi connectivity index (χ2v) is 3.74. The molecule has 0 radical (unpaired) electrons. The number of hydrogen-bond donors (Lipinski definition) is 1. The van der Waals surface area contributed by atoms with E-state index in [1.54, 1.807) is 13.0 Å². The van der Waals surface area contributed by atoms with Crippen molar-refractivity contribution in [2.75, 3.05) is 0 Å². The van der Waals surface area contributed by atoms with Gasteiger partial charge in [0.1, 0.15) is 4.88 Å². The molecular weight excluding hydrogens is 186 g/mol. The summed E-state index contributed by atoms with van der Waals surface area (Å²) >= 11 is 1.25. The lowest BCUT2D eigenvalue weighted by molar-refractivity contribution is 0.0701. The lowest BCUT2D eigenvalue weighted by Gasteiger charge is -1.87. The molecule has 0 aromatic carbocycles. The van der Waals surface area contributed by atoms with Crippen LogP contribution < -0.4 is 0 Å². The Morgan fingerprint density at radius 3 is 2.92 bits per heavy atom. The maximum absolute atomic E-state index is 10.7. The molecule has 1 aromatic rings. The number of aromatic carboxylic acids is 1. The SMILES string of the molecule is C=CCCc1nc(C)c(C(=O)O)s1. The summed E-state index contributed by atoms with van der Waals surface area (Å²) in [6, 6.07) is 0. The van der Waals surface area contributed by atoms with E-state index in [0.717, 1.165) is 17.8 Å². The van der Waals surface area contributed by atoms with E-state index in [-0.39, 0.29) is 0 Å². The molecule has 0 amide bonds. The molecular formula is C9H11NO2S. The normalized spacial score (nSPS) is 9.92. The Morgan fingerprint density at radius 2 is 2.46 bits per heavy atom. The molecule has 3 nitrogen and oxygen atoms in total. The maximum atomic E-state index is 10.7. The van der Waals surface area contributed by atoms with Crippen LogP contribution >= 0.6 is 11.3 Å². The number of carboxylic acid groups (broad SMARTS) is 1. The molecule has 0 atom stereocenters. The van der Waals surface area contributed by atoms with Crippen molar-refractivity contribution in [1.82, 2.24) is 4.98 Å². The molecule has 0 saturated carbocycles. The van der Waals surface area contributed by atoms with E-state index < -0.39 is 5.97 Å². The lowest BCUT2D eigenvalue weighted by atomic mass is 10.3. The van der Waals surface area contributed by atoms with E-state index in [1.165, 1.54) is 11.3 Å². The summed E-state index contributed by atoms with van der Waals surface area (Å²) in [6.45, 7) is 5.32. The zero-order valence-corrected chi connectivity index (χ0v) is 8.23. The average Bonchev–Trinajstić information content (AvgIpc) is 2.43. The largest absolute Gasteiger partial charge is 0.477 e. The minimum atomic E-state index is -0.889. The molecule has 70 valence electrons. The van der Waals surface area contributed by atoms with Gasteiger partial charge in [0.2, 0.25) is 0 Å². The molecule has 0 aliphatic heterocycles. The van der Waals surface area contributed by atoms with E-state index >= 15 is 0 Å². The summed E-state index contributed by atoms with van der Waals surface area (Å²) in [6.07, 6.45) is 3.42. The molecule has 0 spiro atoms. The summed E-state index contributed by atoms with van der Waals surface area (Å²) < 4.78 is 0. The molecule has 0 aliphatic rings. The van der Waals surface area contributed by atoms with Gasteiger partial charge in [-0.25, -0.2) is 9.78 Å². The third kappa shape index (κ3) is 2.39. The van der Waals surface area contributed by atoms with Gasteiger partial charge in [0.05, 0.1) is 10.7 Å². The Hall–Kier alpha value is -1.16. The minimum absolute atomic E-state index is 0.346. The molecule has 13 heavy (non-hydrogen) atoms. The first-order valence-corrected chi connectivity index (χ1v) is 4.77. The molecule has 0 aliphatic carbocycles. The first-order valence-electron chi connectivity index (χ1n) is 3.95. The Morgan fingerprint density at radius 1 is 1.77 bits per heavy atom. The number of hydrogen-bond acceptors (Lipinski definition) is 3. The van der Waals surface area contributed by atoms with Gasteiger partial charge in [0.15, 0.2) is 0 Å². The number of thiazole rings is 1. The summed E-state index contributed by atoms with van der Waals surface area (Å²) in [5.74, 6) is -0.889. The van der Waals surface area contributed by atoms with Gasteiger partial charge in [-0.2, -0.15) is 0 Å². The first-order chi connectivity index (χ1) is 6.15. The van der Waals surface area contributed by atoms with Crippen molar-refractivity contribution >= 4 is 17.3 Å². The van der Waals surface area contributed by atoms with E-state index in [9.17, 15) is 4.79 Å².